The van der Waals surface area contributed by atoms with Crippen LogP contribution in [-0.2, 0) is 6.42 Å². The van der Waals surface area contributed by atoms with Crippen molar-refractivity contribution in [2.24, 2.45) is 0 Å². The van der Waals surface area contributed by atoms with Gasteiger partial charge in [-0.15, -0.1) is 0 Å². The number of ether oxygens (including phenoxy) is 2. The van der Waals surface area contributed by atoms with Gasteiger partial charge in [0, 0.05) is 18.7 Å². The van der Waals surface area contributed by atoms with Crippen molar-refractivity contribution in [3.63, 3.8) is 0 Å². The van der Waals surface area contributed by atoms with E-state index in [1.807, 2.05) is 32.0 Å². The molecule has 1 heterocycles. The Morgan fingerprint density at radius 3 is 2.36 bits per heavy atom. The molecule has 0 spiro atoms. The van der Waals surface area contributed by atoms with Gasteiger partial charge < -0.3 is 14.8 Å². The molecule has 0 fully saturated rings. The monoisotopic (exact) mass is 342 g/mol. The second-order valence-corrected chi connectivity index (χ2v) is 5.85. The molecule has 0 amide bonds. The van der Waals surface area contributed by atoms with Crippen LogP contribution in [0.3, 0.4) is 0 Å². The van der Waals surface area contributed by atoms with E-state index in [1.54, 1.807) is 12.1 Å². The lowest BCUT2D eigenvalue weighted by Crippen LogP contribution is -2.30. The van der Waals surface area contributed by atoms with Crippen molar-refractivity contribution in [1.29, 1.82) is 0 Å². The predicted octanol–water partition coefficient (Wildman–Crippen LogP) is 3.63. The highest BCUT2D eigenvalue weighted by Gasteiger charge is 2.24. The number of nitro groups is 1. The molecule has 0 saturated carbocycles. The molecule has 0 aromatic heterocycles. The Kier molecular flexibility index (Phi) is 5.19. The van der Waals surface area contributed by atoms with Crippen LogP contribution in [0.15, 0.2) is 36.4 Å². The first kappa shape index (κ1) is 17.2. The maximum atomic E-state index is 10.9. The third kappa shape index (κ3) is 3.58. The van der Waals surface area contributed by atoms with Gasteiger partial charge in [0.25, 0.3) is 5.69 Å². The Hall–Kier alpha value is -2.60. The molecule has 0 bridgehead atoms. The van der Waals surface area contributed by atoms with Crippen molar-refractivity contribution < 1.29 is 14.4 Å². The molecule has 3 rings (SSSR count). The number of hydrogen-bond donors (Lipinski definition) is 1. The smallest absolute Gasteiger partial charge is 0.269 e. The van der Waals surface area contributed by atoms with E-state index in [1.165, 1.54) is 5.56 Å². The number of nitrogens with zero attached hydrogens (tertiary/aromatic N) is 1. The van der Waals surface area contributed by atoms with Gasteiger partial charge in [-0.25, -0.2) is 0 Å². The number of rotatable bonds is 6. The van der Waals surface area contributed by atoms with E-state index in [0.29, 0.717) is 13.2 Å². The summed E-state index contributed by atoms with van der Waals surface area (Å²) in [5.41, 5.74) is 3.45. The zero-order valence-electron chi connectivity index (χ0n) is 14.5. The maximum absolute atomic E-state index is 10.9. The number of nitrogens with one attached hydrogen (secondary N) is 1. The first-order valence-corrected chi connectivity index (χ1v) is 8.54. The van der Waals surface area contributed by atoms with E-state index in [2.05, 4.69) is 11.4 Å². The van der Waals surface area contributed by atoms with Crippen molar-refractivity contribution >= 4 is 5.69 Å². The van der Waals surface area contributed by atoms with Gasteiger partial charge in [0.1, 0.15) is 0 Å². The zero-order chi connectivity index (χ0) is 17.8. The maximum Gasteiger partial charge on any atom is 0.269 e. The lowest BCUT2D eigenvalue weighted by atomic mass is 9.89. The second kappa shape index (κ2) is 7.53. The summed E-state index contributed by atoms with van der Waals surface area (Å²) in [6.07, 6.45) is 0.908. The van der Waals surface area contributed by atoms with E-state index < -0.39 is 0 Å². The Balaban J connectivity index is 2.00. The van der Waals surface area contributed by atoms with E-state index in [9.17, 15) is 10.1 Å². The van der Waals surface area contributed by atoms with Crippen molar-refractivity contribution in [2.45, 2.75) is 26.3 Å². The van der Waals surface area contributed by atoms with Gasteiger partial charge in [-0.1, -0.05) is 12.1 Å². The van der Waals surface area contributed by atoms with Gasteiger partial charge >= 0.3 is 0 Å². The predicted molar refractivity (Wildman–Crippen MR) is 95.4 cm³/mol. The highest BCUT2D eigenvalue weighted by molar-refractivity contribution is 5.52. The van der Waals surface area contributed by atoms with E-state index in [-0.39, 0.29) is 16.7 Å². The Labute approximate surface area is 146 Å². The molecule has 132 valence electrons. The number of non-ortho nitro benzene ring substituents is 1. The fourth-order valence-corrected chi connectivity index (χ4v) is 3.19. The minimum atomic E-state index is -0.381. The summed E-state index contributed by atoms with van der Waals surface area (Å²) in [6.45, 7) is 5.89. The lowest BCUT2D eigenvalue weighted by Gasteiger charge is -2.28. The molecule has 6 heteroatoms. The molecule has 0 radical (unpaired) electrons. The normalized spacial score (nSPS) is 16.2. The summed E-state index contributed by atoms with van der Waals surface area (Å²) >= 11 is 0. The molecule has 2 aromatic rings. The Morgan fingerprint density at radius 1 is 1.12 bits per heavy atom. The first-order valence-electron chi connectivity index (χ1n) is 8.54. The van der Waals surface area contributed by atoms with Crippen LogP contribution in [0.4, 0.5) is 5.69 Å². The summed E-state index contributed by atoms with van der Waals surface area (Å²) in [5.74, 6) is 1.51. The number of benzene rings is 2. The highest BCUT2D eigenvalue weighted by Crippen LogP contribution is 2.38. The molecule has 2 aromatic carbocycles. The topological polar surface area (TPSA) is 73.6 Å². The standard InChI is InChI=1S/C19H22N2O4/c1-3-24-17-11-14-9-10-20-19(16(14)12-18(17)25-4-2)13-5-7-15(8-6-13)21(22)23/h5-8,11-12,19-20H,3-4,9-10H2,1-2H3. The van der Waals surface area contributed by atoms with Crippen LogP contribution >= 0.6 is 0 Å². The third-order valence-electron chi connectivity index (χ3n) is 4.30. The Bertz CT molecular complexity index is 759. The molecule has 1 atom stereocenters. The fraction of sp³-hybridized carbons (Fsp3) is 0.368. The minimum Gasteiger partial charge on any atom is -0.490 e. The lowest BCUT2D eigenvalue weighted by molar-refractivity contribution is -0.384. The highest BCUT2D eigenvalue weighted by atomic mass is 16.6. The first-order chi connectivity index (χ1) is 12.1. The number of hydrogen-bond acceptors (Lipinski definition) is 5. The summed E-state index contributed by atoms with van der Waals surface area (Å²) in [6, 6.07) is 10.8. The van der Waals surface area contributed by atoms with Gasteiger partial charge in [0.15, 0.2) is 11.5 Å². The van der Waals surface area contributed by atoms with Crippen molar-refractivity contribution in [3.05, 3.63) is 63.2 Å². The second-order valence-electron chi connectivity index (χ2n) is 5.85. The van der Waals surface area contributed by atoms with E-state index in [0.717, 1.165) is 35.6 Å². The van der Waals surface area contributed by atoms with Gasteiger partial charge in [-0.05, 0) is 49.1 Å². The molecule has 1 unspecified atom stereocenters. The summed E-state index contributed by atoms with van der Waals surface area (Å²) in [7, 11) is 0. The van der Waals surface area contributed by atoms with Gasteiger partial charge in [0.05, 0.1) is 24.2 Å². The van der Waals surface area contributed by atoms with E-state index in [4.69, 9.17) is 9.47 Å². The van der Waals surface area contributed by atoms with Gasteiger partial charge in [0.2, 0.25) is 0 Å². The number of fused-ring (bicyclic) bond motifs is 1. The van der Waals surface area contributed by atoms with Gasteiger partial charge in [-0.2, -0.15) is 0 Å². The Morgan fingerprint density at radius 2 is 1.76 bits per heavy atom. The summed E-state index contributed by atoms with van der Waals surface area (Å²) < 4.78 is 11.5. The quantitative estimate of drug-likeness (QED) is 0.641. The van der Waals surface area contributed by atoms with Crippen molar-refractivity contribution in [3.8, 4) is 11.5 Å². The van der Waals surface area contributed by atoms with Crippen LogP contribution in [0.2, 0.25) is 0 Å². The van der Waals surface area contributed by atoms with Gasteiger partial charge in [-0.3, -0.25) is 10.1 Å². The van der Waals surface area contributed by atoms with Crippen LogP contribution in [0, 0.1) is 10.1 Å². The molecule has 25 heavy (non-hydrogen) atoms. The third-order valence-corrected chi connectivity index (χ3v) is 4.30. The number of nitro benzene ring substituents is 1. The average molecular weight is 342 g/mol. The van der Waals surface area contributed by atoms with Crippen molar-refractivity contribution in [1.82, 2.24) is 5.32 Å². The largest absolute Gasteiger partial charge is 0.490 e. The fourth-order valence-electron chi connectivity index (χ4n) is 3.19. The molecule has 1 N–H and O–H groups in total. The molecule has 6 nitrogen and oxygen atoms in total. The van der Waals surface area contributed by atoms with Crippen LogP contribution in [0.1, 0.15) is 36.6 Å². The van der Waals surface area contributed by atoms with Crippen LogP contribution in [0.25, 0.3) is 0 Å². The summed E-state index contributed by atoms with van der Waals surface area (Å²) in [5, 5.41) is 14.4. The van der Waals surface area contributed by atoms with E-state index >= 15 is 0 Å². The molecule has 0 aliphatic carbocycles. The SMILES string of the molecule is CCOc1cc2c(cc1OCC)C(c1ccc([N+](=O)[O-])cc1)NCC2. The molecular weight excluding hydrogens is 320 g/mol. The van der Waals surface area contributed by atoms with Crippen LogP contribution in [-0.4, -0.2) is 24.7 Å². The molecule has 1 aliphatic rings. The molecule has 1 aliphatic heterocycles. The minimum absolute atomic E-state index is 0.0144. The molecule has 0 saturated heterocycles. The van der Waals surface area contributed by atoms with Crippen LogP contribution < -0.4 is 14.8 Å². The van der Waals surface area contributed by atoms with Crippen LogP contribution in [0.5, 0.6) is 11.5 Å². The average Bonchev–Trinajstić information content (AvgIpc) is 2.62. The summed E-state index contributed by atoms with van der Waals surface area (Å²) in [4.78, 5) is 10.5. The zero-order valence-corrected chi connectivity index (χ0v) is 14.5. The van der Waals surface area contributed by atoms with Crippen molar-refractivity contribution in [2.75, 3.05) is 19.8 Å². The molecular formula is C19H22N2O4.